The van der Waals surface area contributed by atoms with E-state index in [-0.39, 0.29) is 10.6 Å². The molecule has 4 nitrogen and oxygen atoms in total. The Morgan fingerprint density at radius 1 is 1.33 bits per heavy atom. The van der Waals surface area contributed by atoms with Gasteiger partial charge in [-0.2, -0.15) is 0 Å². The van der Waals surface area contributed by atoms with E-state index < -0.39 is 0 Å². The van der Waals surface area contributed by atoms with E-state index in [4.69, 9.17) is 0 Å². The number of hydrogen-bond donors (Lipinski definition) is 1. The van der Waals surface area contributed by atoms with E-state index >= 15 is 0 Å². The second kappa shape index (κ2) is 5.38. The van der Waals surface area contributed by atoms with Gasteiger partial charge < -0.3 is 5.32 Å². The second-order valence-electron chi connectivity index (χ2n) is 5.43. The van der Waals surface area contributed by atoms with Crippen LogP contribution in [0.5, 0.6) is 0 Å². The van der Waals surface area contributed by atoms with Crippen molar-refractivity contribution < 1.29 is 4.92 Å². The summed E-state index contributed by atoms with van der Waals surface area (Å²) in [7, 11) is 0. The first-order chi connectivity index (χ1) is 8.54. The lowest BCUT2D eigenvalue weighted by Crippen LogP contribution is -2.26. The number of benzene rings is 1. The van der Waals surface area contributed by atoms with Gasteiger partial charge in [-0.15, -0.1) is 0 Å². The minimum Gasteiger partial charge on any atom is -0.382 e. The maximum absolute atomic E-state index is 10.8. The zero-order valence-electron chi connectivity index (χ0n) is 11.0. The first-order valence-corrected chi connectivity index (χ1v) is 6.57. The van der Waals surface area contributed by atoms with Crippen LogP contribution in [0.1, 0.15) is 38.2 Å². The van der Waals surface area contributed by atoms with Gasteiger partial charge in [0.25, 0.3) is 5.69 Å². The Morgan fingerprint density at radius 3 is 2.78 bits per heavy atom. The minimum atomic E-state index is -0.332. The molecule has 1 N–H and O–H groups in total. The van der Waals surface area contributed by atoms with Crippen LogP contribution in [0.15, 0.2) is 18.2 Å². The second-order valence-corrected chi connectivity index (χ2v) is 5.43. The Kier molecular flexibility index (Phi) is 3.84. The molecule has 0 aliphatic heterocycles. The van der Waals surface area contributed by atoms with Crippen molar-refractivity contribution in [2.24, 2.45) is 5.92 Å². The first kappa shape index (κ1) is 12.9. The predicted molar refractivity (Wildman–Crippen MR) is 72.9 cm³/mol. The van der Waals surface area contributed by atoms with Crippen molar-refractivity contribution in [3.63, 3.8) is 0 Å². The van der Waals surface area contributed by atoms with Gasteiger partial charge in [-0.3, -0.25) is 10.1 Å². The number of anilines is 1. The van der Waals surface area contributed by atoms with Crippen molar-refractivity contribution in [2.75, 3.05) is 5.32 Å². The van der Waals surface area contributed by atoms with Crippen LogP contribution < -0.4 is 5.32 Å². The van der Waals surface area contributed by atoms with Crippen molar-refractivity contribution in [1.29, 1.82) is 0 Å². The van der Waals surface area contributed by atoms with Gasteiger partial charge in [0.05, 0.1) is 4.92 Å². The number of nitro benzene ring substituents is 1. The van der Waals surface area contributed by atoms with Gasteiger partial charge in [0, 0.05) is 23.9 Å². The molecule has 2 rings (SSSR count). The van der Waals surface area contributed by atoms with Crippen molar-refractivity contribution in [2.45, 2.75) is 45.6 Å². The van der Waals surface area contributed by atoms with Crippen LogP contribution in [-0.2, 0) is 0 Å². The lowest BCUT2D eigenvalue weighted by Gasteiger charge is -2.28. The number of rotatable bonds is 3. The number of hydrogen-bond acceptors (Lipinski definition) is 3. The lowest BCUT2D eigenvalue weighted by molar-refractivity contribution is -0.384. The molecule has 0 amide bonds. The Hall–Kier alpha value is -1.58. The smallest absolute Gasteiger partial charge is 0.271 e. The first-order valence-electron chi connectivity index (χ1n) is 6.57. The molecule has 1 fully saturated rings. The molecule has 0 saturated heterocycles. The fourth-order valence-corrected chi connectivity index (χ4v) is 2.75. The largest absolute Gasteiger partial charge is 0.382 e. The van der Waals surface area contributed by atoms with Gasteiger partial charge in [0.1, 0.15) is 0 Å². The molecule has 1 saturated carbocycles. The fraction of sp³-hybridized carbons (Fsp3) is 0.571. The predicted octanol–water partition coefficient (Wildman–Crippen LogP) is 3.89. The summed E-state index contributed by atoms with van der Waals surface area (Å²) < 4.78 is 0. The van der Waals surface area contributed by atoms with Crippen molar-refractivity contribution >= 4 is 11.4 Å². The molecule has 1 aromatic rings. The summed E-state index contributed by atoms with van der Waals surface area (Å²) in [6.07, 6.45) is 4.85. The van der Waals surface area contributed by atoms with Crippen LogP contribution in [-0.4, -0.2) is 11.0 Å². The highest BCUT2D eigenvalue weighted by Crippen LogP contribution is 2.28. The lowest BCUT2D eigenvalue weighted by atomic mass is 9.87. The highest BCUT2D eigenvalue weighted by atomic mass is 16.6. The van der Waals surface area contributed by atoms with Gasteiger partial charge >= 0.3 is 0 Å². The molecule has 1 aliphatic carbocycles. The molecule has 1 aromatic carbocycles. The number of non-ortho nitro benzene ring substituents is 1. The van der Waals surface area contributed by atoms with Crippen LogP contribution in [0.3, 0.4) is 0 Å². The van der Waals surface area contributed by atoms with E-state index in [1.54, 1.807) is 12.1 Å². The van der Waals surface area contributed by atoms with Crippen molar-refractivity contribution in [3.05, 3.63) is 33.9 Å². The van der Waals surface area contributed by atoms with Crippen molar-refractivity contribution in [3.8, 4) is 0 Å². The van der Waals surface area contributed by atoms with E-state index in [0.29, 0.717) is 6.04 Å². The van der Waals surface area contributed by atoms with Crippen LogP contribution in [0.2, 0.25) is 0 Å². The highest BCUT2D eigenvalue weighted by Gasteiger charge is 2.19. The number of nitro groups is 1. The summed E-state index contributed by atoms with van der Waals surface area (Å²) in [5.74, 6) is 0.746. The zero-order valence-corrected chi connectivity index (χ0v) is 11.0. The highest BCUT2D eigenvalue weighted by molar-refractivity contribution is 5.54. The van der Waals surface area contributed by atoms with Crippen LogP contribution in [0.4, 0.5) is 11.4 Å². The molecule has 0 aromatic heterocycles. The Bertz CT molecular complexity index is 445. The summed E-state index contributed by atoms with van der Waals surface area (Å²) in [5.41, 5.74) is 1.97. The standard InChI is InChI=1S/C14H20N2O2/c1-10-4-3-5-12(6-10)15-13-7-11(2)8-14(9-13)16(17)18/h7-10,12,15H,3-6H2,1-2H3. The Labute approximate surface area is 108 Å². The molecule has 98 valence electrons. The average Bonchev–Trinajstić information content (AvgIpc) is 2.28. The normalized spacial score (nSPS) is 23.7. The molecule has 2 unspecified atom stereocenters. The quantitative estimate of drug-likeness (QED) is 0.652. The maximum atomic E-state index is 10.8. The molecule has 2 atom stereocenters. The van der Waals surface area contributed by atoms with Crippen LogP contribution in [0, 0.1) is 23.0 Å². The summed E-state index contributed by atoms with van der Waals surface area (Å²) >= 11 is 0. The Balaban J connectivity index is 2.10. The monoisotopic (exact) mass is 248 g/mol. The number of aryl methyl sites for hydroxylation is 1. The van der Waals surface area contributed by atoms with Gasteiger partial charge in [0.15, 0.2) is 0 Å². The molecular weight excluding hydrogens is 228 g/mol. The van der Waals surface area contributed by atoms with E-state index in [9.17, 15) is 10.1 Å². The van der Waals surface area contributed by atoms with Crippen LogP contribution >= 0.6 is 0 Å². The summed E-state index contributed by atoms with van der Waals surface area (Å²) in [4.78, 5) is 10.5. The zero-order chi connectivity index (χ0) is 13.1. The summed E-state index contributed by atoms with van der Waals surface area (Å²) in [6, 6.07) is 5.67. The molecule has 0 radical (unpaired) electrons. The van der Waals surface area contributed by atoms with Gasteiger partial charge in [-0.1, -0.05) is 19.8 Å². The molecule has 0 bridgehead atoms. The topological polar surface area (TPSA) is 55.2 Å². The van der Waals surface area contributed by atoms with E-state index in [0.717, 1.165) is 30.0 Å². The number of nitrogens with zero attached hydrogens (tertiary/aromatic N) is 1. The molecule has 0 spiro atoms. The van der Waals surface area contributed by atoms with Crippen molar-refractivity contribution in [1.82, 2.24) is 0 Å². The summed E-state index contributed by atoms with van der Waals surface area (Å²) in [6.45, 7) is 4.16. The van der Waals surface area contributed by atoms with Crippen LogP contribution in [0.25, 0.3) is 0 Å². The minimum absolute atomic E-state index is 0.168. The van der Waals surface area contributed by atoms with Gasteiger partial charge in [-0.25, -0.2) is 0 Å². The molecule has 18 heavy (non-hydrogen) atoms. The third-order valence-electron chi connectivity index (χ3n) is 3.58. The SMILES string of the molecule is Cc1cc(NC2CCCC(C)C2)cc([N+](=O)[O-])c1. The van der Waals surface area contributed by atoms with E-state index in [1.165, 1.54) is 12.8 Å². The average molecular weight is 248 g/mol. The molecule has 4 heteroatoms. The molecule has 0 heterocycles. The Morgan fingerprint density at radius 2 is 2.11 bits per heavy atom. The number of nitrogens with one attached hydrogen (secondary N) is 1. The third kappa shape index (κ3) is 3.22. The molecular formula is C14H20N2O2. The van der Waals surface area contributed by atoms with Gasteiger partial charge in [-0.05, 0) is 37.3 Å². The fourth-order valence-electron chi connectivity index (χ4n) is 2.75. The summed E-state index contributed by atoms with van der Waals surface area (Å²) in [5, 5.41) is 14.3. The van der Waals surface area contributed by atoms with E-state index in [2.05, 4.69) is 12.2 Å². The molecule has 1 aliphatic rings. The third-order valence-corrected chi connectivity index (χ3v) is 3.58. The maximum Gasteiger partial charge on any atom is 0.271 e. The van der Waals surface area contributed by atoms with E-state index in [1.807, 2.05) is 13.0 Å². The van der Waals surface area contributed by atoms with Gasteiger partial charge in [0.2, 0.25) is 0 Å².